The van der Waals surface area contributed by atoms with Gasteiger partial charge in [0.2, 0.25) is 0 Å². The fourth-order valence-electron chi connectivity index (χ4n) is 3.22. The first kappa shape index (κ1) is 18.2. The zero-order chi connectivity index (χ0) is 18.3. The highest BCUT2D eigenvalue weighted by Crippen LogP contribution is 2.48. The molecule has 2 aliphatic heterocycles. The van der Waals surface area contributed by atoms with Crippen molar-refractivity contribution in [1.82, 2.24) is 4.90 Å². The summed E-state index contributed by atoms with van der Waals surface area (Å²) < 4.78 is 39.3. The van der Waals surface area contributed by atoms with Gasteiger partial charge < -0.3 is 14.4 Å². The number of fused-ring (bicyclic) bond motifs is 2. The second-order valence-electron chi connectivity index (χ2n) is 6.24. The number of anilines is 2. The largest absolute Gasteiger partial charge is 0.453 e. The zero-order valence-electron chi connectivity index (χ0n) is 13.7. The Balaban J connectivity index is 1.61. The van der Waals surface area contributed by atoms with E-state index in [9.17, 15) is 8.78 Å². The van der Waals surface area contributed by atoms with Crippen molar-refractivity contribution in [1.29, 1.82) is 0 Å². The van der Waals surface area contributed by atoms with Gasteiger partial charge in [0.05, 0.1) is 24.5 Å². The van der Waals surface area contributed by atoms with E-state index in [0.29, 0.717) is 19.6 Å². The lowest BCUT2D eigenvalue weighted by atomic mass is 10.1. The molecule has 2 aromatic rings. The number of rotatable bonds is 3. The van der Waals surface area contributed by atoms with E-state index >= 15 is 0 Å². The molecule has 0 aliphatic carbocycles. The fraction of sp³-hybridized carbons (Fsp3) is 0.333. The van der Waals surface area contributed by atoms with Crippen LogP contribution in [0.1, 0.15) is 0 Å². The Labute approximate surface area is 166 Å². The average Bonchev–Trinajstić information content (AvgIpc) is 2.57. The van der Waals surface area contributed by atoms with Crippen LogP contribution in [0, 0.1) is 0 Å². The van der Waals surface area contributed by atoms with Crippen LogP contribution in [0.5, 0.6) is 11.5 Å². The van der Waals surface area contributed by atoms with Crippen LogP contribution in [0.4, 0.5) is 20.2 Å². The number of nitrogens with zero attached hydrogens (tertiary/aromatic N) is 2. The maximum atomic E-state index is 13.5. The summed E-state index contributed by atoms with van der Waals surface area (Å²) in [7, 11) is 0. The first-order valence-corrected chi connectivity index (χ1v) is 9.78. The van der Waals surface area contributed by atoms with E-state index in [1.165, 1.54) is 0 Å². The molecule has 0 aromatic heterocycles. The van der Waals surface area contributed by atoms with E-state index in [1.807, 2.05) is 36.4 Å². The second-order valence-corrected chi connectivity index (χ2v) is 8.07. The van der Waals surface area contributed by atoms with Gasteiger partial charge in [-0.1, -0.05) is 31.9 Å². The van der Waals surface area contributed by atoms with Crippen LogP contribution in [-0.4, -0.2) is 43.8 Å². The van der Waals surface area contributed by atoms with E-state index < -0.39 is 6.11 Å². The molecule has 8 heteroatoms. The van der Waals surface area contributed by atoms with Gasteiger partial charge in [0.1, 0.15) is 0 Å². The third kappa shape index (κ3) is 3.74. The quantitative estimate of drug-likeness (QED) is 0.577. The summed E-state index contributed by atoms with van der Waals surface area (Å²) in [4.78, 5) is 3.84. The van der Waals surface area contributed by atoms with Gasteiger partial charge in [-0.15, -0.1) is 0 Å². The molecule has 4 rings (SSSR count). The highest BCUT2D eigenvalue weighted by molar-refractivity contribution is 9.10. The number of ether oxygens (including phenoxy) is 2. The molecular formula is C18H16Br2F2N2O2. The molecule has 0 bridgehead atoms. The Morgan fingerprint density at radius 1 is 0.962 bits per heavy atom. The molecular weight excluding hydrogens is 474 g/mol. The van der Waals surface area contributed by atoms with Gasteiger partial charge in [-0.25, -0.2) is 0 Å². The minimum Gasteiger partial charge on any atom is -0.453 e. The van der Waals surface area contributed by atoms with E-state index in [-0.39, 0.29) is 13.2 Å². The Kier molecular flexibility index (Phi) is 4.94. The van der Waals surface area contributed by atoms with Crippen molar-refractivity contribution < 1.29 is 18.3 Å². The smallest absolute Gasteiger partial charge is 0.368 e. The SMILES string of the molecule is FC1(F)CN(CCN2c3ccc(Br)cc3Oc3cc(Br)ccc32)CCO1. The van der Waals surface area contributed by atoms with Gasteiger partial charge in [-0.2, -0.15) is 8.78 Å². The van der Waals surface area contributed by atoms with Gasteiger partial charge in [0, 0.05) is 28.6 Å². The van der Waals surface area contributed by atoms with Gasteiger partial charge in [0.15, 0.2) is 11.5 Å². The molecule has 1 saturated heterocycles. The van der Waals surface area contributed by atoms with Crippen molar-refractivity contribution in [3.8, 4) is 11.5 Å². The standard InChI is InChI=1S/C18H16Br2F2N2O2/c19-12-1-3-14-16(9-12)26-17-10-13(20)2-4-15(17)24(14)6-5-23-7-8-25-18(21,22)11-23/h1-4,9-10H,5-8,11H2. The van der Waals surface area contributed by atoms with Crippen molar-refractivity contribution in [2.45, 2.75) is 6.11 Å². The normalized spacial score (nSPS) is 18.8. The number of halogens is 4. The molecule has 0 atom stereocenters. The first-order valence-electron chi connectivity index (χ1n) is 8.20. The molecule has 0 unspecified atom stereocenters. The molecule has 138 valence electrons. The molecule has 2 aromatic carbocycles. The Morgan fingerprint density at radius 3 is 2.15 bits per heavy atom. The molecule has 26 heavy (non-hydrogen) atoms. The van der Waals surface area contributed by atoms with Crippen LogP contribution in [0.2, 0.25) is 0 Å². The summed E-state index contributed by atoms with van der Waals surface area (Å²) >= 11 is 6.93. The second kappa shape index (κ2) is 7.07. The summed E-state index contributed by atoms with van der Waals surface area (Å²) in [5, 5.41) is 0. The van der Waals surface area contributed by atoms with Crippen LogP contribution >= 0.6 is 31.9 Å². The summed E-state index contributed by atoms with van der Waals surface area (Å²) in [6.07, 6.45) is -3.07. The zero-order valence-corrected chi connectivity index (χ0v) is 16.9. The summed E-state index contributed by atoms with van der Waals surface area (Å²) in [6, 6.07) is 11.7. The van der Waals surface area contributed by atoms with Gasteiger partial charge in [-0.3, -0.25) is 4.90 Å². The van der Waals surface area contributed by atoms with Crippen LogP contribution < -0.4 is 9.64 Å². The summed E-state index contributed by atoms with van der Waals surface area (Å²) in [5.74, 6) is 1.47. The molecule has 2 heterocycles. The highest BCUT2D eigenvalue weighted by atomic mass is 79.9. The van der Waals surface area contributed by atoms with Gasteiger partial charge in [-0.05, 0) is 36.4 Å². The predicted octanol–water partition coefficient (Wildman–Crippen LogP) is 5.38. The monoisotopic (exact) mass is 488 g/mol. The average molecular weight is 490 g/mol. The van der Waals surface area contributed by atoms with Crippen LogP contribution in [0.15, 0.2) is 45.3 Å². The lowest BCUT2D eigenvalue weighted by molar-refractivity contribution is -0.269. The maximum absolute atomic E-state index is 13.5. The van der Waals surface area contributed by atoms with E-state index in [2.05, 4.69) is 41.5 Å². The molecule has 1 fully saturated rings. The Morgan fingerprint density at radius 2 is 1.58 bits per heavy atom. The predicted molar refractivity (Wildman–Crippen MR) is 103 cm³/mol. The van der Waals surface area contributed by atoms with Crippen LogP contribution in [-0.2, 0) is 4.74 Å². The number of benzene rings is 2. The minimum atomic E-state index is -3.07. The topological polar surface area (TPSA) is 24.9 Å². The number of morpholine rings is 1. The van der Waals surface area contributed by atoms with Gasteiger partial charge in [0.25, 0.3) is 0 Å². The third-order valence-corrected chi connectivity index (χ3v) is 5.40. The Hall–Kier alpha value is -1.22. The lowest BCUT2D eigenvalue weighted by Gasteiger charge is -2.36. The highest BCUT2D eigenvalue weighted by Gasteiger charge is 2.36. The van der Waals surface area contributed by atoms with Crippen LogP contribution in [0.3, 0.4) is 0 Å². The van der Waals surface area contributed by atoms with Gasteiger partial charge >= 0.3 is 6.11 Å². The molecule has 4 nitrogen and oxygen atoms in total. The third-order valence-electron chi connectivity index (χ3n) is 4.41. The number of hydrogen-bond donors (Lipinski definition) is 0. The molecule has 2 aliphatic rings. The van der Waals surface area contributed by atoms with Crippen molar-refractivity contribution in [2.75, 3.05) is 37.7 Å². The summed E-state index contributed by atoms with van der Waals surface area (Å²) in [6.45, 7) is 1.24. The number of alkyl halides is 2. The summed E-state index contributed by atoms with van der Waals surface area (Å²) in [5.41, 5.74) is 1.84. The molecule has 0 saturated carbocycles. The fourth-order valence-corrected chi connectivity index (χ4v) is 3.90. The van der Waals surface area contributed by atoms with Crippen molar-refractivity contribution in [2.24, 2.45) is 0 Å². The first-order chi connectivity index (χ1) is 12.4. The Bertz CT molecular complexity index is 783. The maximum Gasteiger partial charge on any atom is 0.368 e. The van der Waals surface area contributed by atoms with Crippen molar-refractivity contribution in [3.63, 3.8) is 0 Å². The molecule has 0 radical (unpaired) electrons. The van der Waals surface area contributed by atoms with Crippen molar-refractivity contribution in [3.05, 3.63) is 45.3 Å². The van der Waals surface area contributed by atoms with E-state index in [1.54, 1.807) is 4.90 Å². The van der Waals surface area contributed by atoms with E-state index in [4.69, 9.17) is 4.74 Å². The van der Waals surface area contributed by atoms with Crippen LogP contribution in [0.25, 0.3) is 0 Å². The molecule has 0 N–H and O–H groups in total. The minimum absolute atomic E-state index is 0.0448. The number of hydrogen-bond acceptors (Lipinski definition) is 4. The molecule has 0 spiro atoms. The van der Waals surface area contributed by atoms with Crippen molar-refractivity contribution >= 4 is 43.2 Å². The molecule has 0 amide bonds. The van der Waals surface area contributed by atoms with E-state index in [0.717, 1.165) is 31.8 Å². The lowest BCUT2D eigenvalue weighted by Crippen LogP contribution is -2.48.